The van der Waals surface area contributed by atoms with Crippen molar-refractivity contribution in [3.05, 3.63) is 77.4 Å². The van der Waals surface area contributed by atoms with E-state index in [1.54, 1.807) is 0 Å². The third kappa shape index (κ3) is 4.37. The van der Waals surface area contributed by atoms with E-state index in [-0.39, 0.29) is 0 Å². The van der Waals surface area contributed by atoms with E-state index in [1.165, 1.54) is 17.5 Å². The highest BCUT2D eigenvalue weighted by Crippen LogP contribution is 2.33. The number of likely N-dealkylation sites (tertiary alicyclic amines) is 1. The molecule has 0 amide bonds. The lowest BCUT2D eigenvalue weighted by atomic mass is 10.0. The highest BCUT2D eigenvalue weighted by atomic mass is 16.5. The lowest BCUT2D eigenvalue weighted by Crippen LogP contribution is -2.23. The molecule has 5 nitrogen and oxygen atoms in total. The molecule has 1 aliphatic heterocycles. The SMILES string of the molecule is CCOc1ccc([C@H]2CCCN2Cc2nc(Cc3ccccc3)no2)cc1. The van der Waals surface area contributed by atoms with Gasteiger partial charge in [-0.3, -0.25) is 4.90 Å². The predicted octanol–water partition coefficient (Wildman–Crippen LogP) is 4.40. The van der Waals surface area contributed by atoms with Crippen LogP contribution in [0.4, 0.5) is 0 Å². The van der Waals surface area contributed by atoms with E-state index < -0.39 is 0 Å². The molecule has 1 saturated heterocycles. The van der Waals surface area contributed by atoms with Crippen molar-refractivity contribution in [1.29, 1.82) is 0 Å². The van der Waals surface area contributed by atoms with Gasteiger partial charge in [0.1, 0.15) is 5.75 Å². The summed E-state index contributed by atoms with van der Waals surface area (Å²) in [6, 6.07) is 19.1. The van der Waals surface area contributed by atoms with Crippen molar-refractivity contribution in [2.24, 2.45) is 0 Å². The molecule has 0 unspecified atom stereocenters. The molecule has 140 valence electrons. The van der Waals surface area contributed by atoms with Crippen molar-refractivity contribution in [1.82, 2.24) is 15.0 Å². The minimum Gasteiger partial charge on any atom is -0.494 e. The van der Waals surface area contributed by atoms with Gasteiger partial charge in [0.05, 0.1) is 13.2 Å². The van der Waals surface area contributed by atoms with Gasteiger partial charge in [-0.1, -0.05) is 47.6 Å². The summed E-state index contributed by atoms with van der Waals surface area (Å²) < 4.78 is 11.1. The summed E-state index contributed by atoms with van der Waals surface area (Å²) in [5.74, 6) is 2.36. The Kier molecular flexibility index (Phi) is 5.49. The molecule has 1 atom stereocenters. The van der Waals surface area contributed by atoms with Crippen molar-refractivity contribution >= 4 is 0 Å². The van der Waals surface area contributed by atoms with Crippen LogP contribution in [0.3, 0.4) is 0 Å². The van der Waals surface area contributed by atoms with Gasteiger partial charge in [0.2, 0.25) is 5.89 Å². The first kappa shape index (κ1) is 17.7. The van der Waals surface area contributed by atoms with Crippen LogP contribution in [0.25, 0.3) is 0 Å². The van der Waals surface area contributed by atoms with Gasteiger partial charge < -0.3 is 9.26 Å². The average Bonchev–Trinajstić information content (AvgIpc) is 3.33. The van der Waals surface area contributed by atoms with Crippen LogP contribution in [-0.4, -0.2) is 28.2 Å². The maximum absolute atomic E-state index is 5.55. The molecule has 2 aromatic carbocycles. The van der Waals surface area contributed by atoms with Crippen molar-refractivity contribution in [2.75, 3.05) is 13.2 Å². The lowest BCUT2D eigenvalue weighted by Gasteiger charge is -2.23. The molecular weight excluding hydrogens is 338 g/mol. The number of aromatic nitrogens is 2. The van der Waals surface area contributed by atoms with Gasteiger partial charge in [-0.15, -0.1) is 0 Å². The van der Waals surface area contributed by atoms with Gasteiger partial charge in [-0.25, -0.2) is 0 Å². The molecule has 5 heteroatoms. The molecule has 0 saturated carbocycles. The fourth-order valence-electron chi connectivity index (χ4n) is 3.72. The second kappa shape index (κ2) is 8.35. The zero-order valence-corrected chi connectivity index (χ0v) is 15.7. The van der Waals surface area contributed by atoms with E-state index in [9.17, 15) is 0 Å². The first-order chi connectivity index (χ1) is 13.3. The Bertz CT molecular complexity index is 846. The van der Waals surface area contributed by atoms with Crippen LogP contribution < -0.4 is 4.74 Å². The molecular formula is C22H25N3O2. The summed E-state index contributed by atoms with van der Waals surface area (Å²) in [5, 5.41) is 4.15. The van der Waals surface area contributed by atoms with Crippen molar-refractivity contribution in [3.8, 4) is 5.75 Å². The van der Waals surface area contributed by atoms with Crippen LogP contribution in [-0.2, 0) is 13.0 Å². The summed E-state index contributed by atoms with van der Waals surface area (Å²) in [4.78, 5) is 7.02. The van der Waals surface area contributed by atoms with Crippen LogP contribution in [0.15, 0.2) is 59.1 Å². The topological polar surface area (TPSA) is 51.4 Å². The fourth-order valence-corrected chi connectivity index (χ4v) is 3.72. The van der Waals surface area contributed by atoms with Gasteiger partial charge in [0, 0.05) is 12.5 Å². The summed E-state index contributed by atoms with van der Waals surface area (Å²) in [7, 11) is 0. The van der Waals surface area contributed by atoms with Crippen LogP contribution in [0, 0.1) is 0 Å². The van der Waals surface area contributed by atoms with Gasteiger partial charge in [0.25, 0.3) is 0 Å². The lowest BCUT2D eigenvalue weighted by molar-refractivity contribution is 0.212. The van der Waals surface area contributed by atoms with Gasteiger partial charge >= 0.3 is 0 Å². The fraction of sp³-hybridized carbons (Fsp3) is 0.364. The van der Waals surface area contributed by atoms with Crippen LogP contribution in [0.2, 0.25) is 0 Å². The zero-order chi connectivity index (χ0) is 18.5. The van der Waals surface area contributed by atoms with E-state index in [0.717, 1.165) is 24.5 Å². The molecule has 0 aliphatic carbocycles. The third-order valence-corrected chi connectivity index (χ3v) is 4.99. The second-order valence-electron chi connectivity index (χ2n) is 6.90. The van der Waals surface area contributed by atoms with Crippen LogP contribution in [0.5, 0.6) is 5.75 Å². The first-order valence-electron chi connectivity index (χ1n) is 9.64. The Morgan fingerprint density at radius 3 is 2.70 bits per heavy atom. The molecule has 0 bridgehead atoms. The zero-order valence-electron chi connectivity index (χ0n) is 15.7. The molecule has 0 radical (unpaired) electrons. The normalized spacial score (nSPS) is 17.3. The minimum absolute atomic E-state index is 0.394. The van der Waals surface area contributed by atoms with Crippen LogP contribution >= 0.6 is 0 Å². The Morgan fingerprint density at radius 2 is 1.93 bits per heavy atom. The van der Waals surface area contributed by atoms with Crippen molar-refractivity contribution in [2.45, 2.75) is 38.8 Å². The summed E-state index contributed by atoms with van der Waals surface area (Å²) >= 11 is 0. The monoisotopic (exact) mass is 363 g/mol. The molecule has 2 heterocycles. The number of ether oxygens (including phenoxy) is 1. The molecule has 27 heavy (non-hydrogen) atoms. The summed E-state index contributed by atoms with van der Waals surface area (Å²) in [6.07, 6.45) is 3.04. The standard InChI is InChI=1S/C22H25N3O2/c1-2-26-19-12-10-18(11-13-19)20-9-6-14-25(20)16-22-23-21(24-27-22)15-17-7-4-3-5-8-17/h3-5,7-8,10-13,20H,2,6,9,14-16H2,1H3/t20-/m1/s1. The Hall–Kier alpha value is -2.66. The van der Waals surface area contributed by atoms with E-state index in [4.69, 9.17) is 9.26 Å². The molecule has 3 aromatic rings. The number of nitrogens with zero attached hydrogens (tertiary/aromatic N) is 3. The maximum Gasteiger partial charge on any atom is 0.240 e. The molecule has 1 aliphatic rings. The van der Waals surface area contributed by atoms with Gasteiger partial charge in [0.15, 0.2) is 5.82 Å². The highest BCUT2D eigenvalue weighted by Gasteiger charge is 2.27. The van der Waals surface area contributed by atoms with E-state index in [2.05, 4.69) is 51.4 Å². The van der Waals surface area contributed by atoms with Crippen LogP contribution in [0.1, 0.15) is 48.6 Å². The van der Waals surface area contributed by atoms with Gasteiger partial charge in [-0.05, 0) is 49.6 Å². The highest BCUT2D eigenvalue weighted by molar-refractivity contribution is 5.29. The Morgan fingerprint density at radius 1 is 1.11 bits per heavy atom. The second-order valence-corrected chi connectivity index (χ2v) is 6.90. The molecule has 1 aromatic heterocycles. The molecule has 4 rings (SSSR count). The molecule has 0 N–H and O–H groups in total. The number of rotatable bonds is 7. The summed E-state index contributed by atoms with van der Waals surface area (Å²) in [5.41, 5.74) is 2.51. The first-order valence-corrected chi connectivity index (χ1v) is 9.64. The molecule has 0 spiro atoms. The van der Waals surface area contributed by atoms with E-state index in [0.29, 0.717) is 31.5 Å². The number of hydrogen-bond acceptors (Lipinski definition) is 5. The Labute approximate surface area is 160 Å². The number of benzene rings is 2. The third-order valence-electron chi connectivity index (χ3n) is 4.99. The maximum atomic E-state index is 5.55. The van der Waals surface area contributed by atoms with E-state index >= 15 is 0 Å². The number of hydrogen-bond donors (Lipinski definition) is 0. The average molecular weight is 363 g/mol. The minimum atomic E-state index is 0.394. The van der Waals surface area contributed by atoms with Crippen molar-refractivity contribution in [3.63, 3.8) is 0 Å². The molecule has 1 fully saturated rings. The Balaban J connectivity index is 1.41. The predicted molar refractivity (Wildman–Crippen MR) is 104 cm³/mol. The van der Waals surface area contributed by atoms with Crippen molar-refractivity contribution < 1.29 is 9.26 Å². The van der Waals surface area contributed by atoms with E-state index in [1.807, 2.05) is 25.1 Å². The summed E-state index contributed by atoms with van der Waals surface area (Å²) in [6.45, 7) is 4.44. The smallest absolute Gasteiger partial charge is 0.240 e. The quantitative estimate of drug-likeness (QED) is 0.623. The van der Waals surface area contributed by atoms with Gasteiger partial charge in [-0.2, -0.15) is 4.98 Å². The largest absolute Gasteiger partial charge is 0.494 e.